The zero-order valence-corrected chi connectivity index (χ0v) is 10.9. The van der Waals surface area contributed by atoms with Gasteiger partial charge in [-0.15, -0.1) is 0 Å². The fraction of sp³-hybridized carbons (Fsp3) is 0.308. The molecule has 7 heteroatoms. The number of aryl methyl sites for hydroxylation is 1. The Morgan fingerprint density at radius 3 is 2.40 bits per heavy atom. The Hall–Kier alpha value is -1.86. The quantitative estimate of drug-likeness (QED) is 0.668. The maximum atomic E-state index is 12.5. The molecule has 0 bridgehead atoms. The van der Waals surface area contributed by atoms with Crippen LogP contribution in [0.25, 0.3) is 0 Å². The van der Waals surface area contributed by atoms with Crippen molar-refractivity contribution in [3.05, 3.63) is 53.6 Å². The summed E-state index contributed by atoms with van der Waals surface area (Å²) in [5.41, 5.74) is 3.64. The first kappa shape index (κ1) is 14.5. The van der Waals surface area contributed by atoms with Gasteiger partial charge < -0.3 is 4.57 Å². The Labute approximate surface area is 114 Å². The highest BCUT2D eigenvalue weighted by molar-refractivity contribution is 5.26. The Morgan fingerprint density at radius 2 is 1.95 bits per heavy atom. The Kier molecular flexibility index (Phi) is 4.10. The van der Waals surface area contributed by atoms with Gasteiger partial charge in [0, 0.05) is 13.2 Å². The molecule has 2 rings (SSSR count). The second kappa shape index (κ2) is 5.64. The second-order valence-corrected chi connectivity index (χ2v) is 4.55. The van der Waals surface area contributed by atoms with Crippen LogP contribution in [-0.2, 0) is 19.6 Å². The van der Waals surface area contributed by atoms with Crippen LogP contribution in [0.2, 0.25) is 0 Å². The zero-order chi connectivity index (χ0) is 14.8. The lowest BCUT2D eigenvalue weighted by molar-refractivity contribution is -0.137. The lowest BCUT2D eigenvalue weighted by atomic mass is 10.0. The summed E-state index contributed by atoms with van der Waals surface area (Å²) in [5.74, 6) is 5.51. The third kappa shape index (κ3) is 3.17. The number of aromatic nitrogens is 2. The standard InChI is InChI=1S/C13H15F3N4/c1-20-8-18-7-12(20)11(19-17)6-9-2-4-10(5-3-9)13(14,15)16/h2-5,7-8,11,19H,6,17H2,1H3. The molecule has 0 radical (unpaired) electrons. The van der Waals surface area contributed by atoms with E-state index in [2.05, 4.69) is 10.4 Å². The highest BCUT2D eigenvalue weighted by Crippen LogP contribution is 2.29. The van der Waals surface area contributed by atoms with E-state index in [0.29, 0.717) is 6.42 Å². The van der Waals surface area contributed by atoms with E-state index >= 15 is 0 Å². The van der Waals surface area contributed by atoms with Crippen LogP contribution in [0, 0.1) is 0 Å². The fourth-order valence-corrected chi connectivity index (χ4v) is 2.02. The number of nitrogens with zero attached hydrogens (tertiary/aromatic N) is 2. The third-order valence-corrected chi connectivity index (χ3v) is 3.13. The molecular formula is C13H15F3N4. The van der Waals surface area contributed by atoms with Crippen molar-refractivity contribution in [2.75, 3.05) is 0 Å². The third-order valence-electron chi connectivity index (χ3n) is 3.13. The molecule has 4 nitrogen and oxygen atoms in total. The number of halogens is 3. The molecule has 0 aliphatic rings. The molecule has 0 fully saturated rings. The van der Waals surface area contributed by atoms with Gasteiger partial charge in [-0.05, 0) is 24.1 Å². The number of rotatable bonds is 4. The van der Waals surface area contributed by atoms with Crippen LogP contribution in [-0.4, -0.2) is 9.55 Å². The molecule has 1 unspecified atom stereocenters. The van der Waals surface area contributed by atoms with Crippen LogP contribution in [0.1, 0.15) is 22.9 Å². The first-order valence-electron chi connectivity index (χ1n) is 6.00. The Balaban J connectivity index is 2.15. The minimum atomic E-state index is -4.31. The monoisotopic (exact) mass is 284 g/mol. The number of hydrogen-bond donors (Lipinski definition) is 2. The van der Waals surface area contributed by atoms with Gasteiger partial charge in [0.2, 0.25) is 0 Å². The fourth-order valence-electron chi connectivity index (χ4n) is 2.02. The van der Waals surface area contributed by atoms with Gasteiger partial charge in [0.1, 0.15) is 0 Å². The lowest BCUT2D eigenvalue weighted by Gasteiger charge is -2.17. The Morgan fingerprint density at radius 1 is 1.30 bits per heavy atom. The van der Waals surface area contributed by atoms with Crippen LogP contribution >= 0.6 is 0 Å². The number of benzene rings is 1. The van der Waals surface area contributed by atoms with E-state index in [1.54, 1.807) is 12.5 Å². The molecule has 1 atom stereocenters. The zero-order valence-electron chi connectivity index (χ0n) is 10.9. The molecule has 108 valence electrons. The predicted molar refractivity (Wildman–Crippen MR) is 68.4 cm³/mol. The first-order chi connectivity index (χ1) is 9.41. The van der Waals surface area contributed by atoms with Crippen LogP contribution in [0.4, 0.5) is 13.2 Å². The van der Waals surface area contributed by atoms with Gasteiger partial charge in [-0.25, -0.2) is 4.98 Å². The number of alkyl halides is 3. The van der Waals surface area contributed by atoms with Crippen molar-refractivity contribution in [2.24, 2.45) is 12.9 Å². The van der Waals surface area contributed by atoms with Gasteiger partial charge in [0.05, 0.1) is 23.6 Å². The number of nitrogens with one attached hydrogen (secondary N) is 1. The van der Waals surface area contributed by atoms with Crippen molar-refractivity contribution in [2.45, 2.75) is 18.6 Å². The van der Waals surface area contributed by atoms with Gasteiger partial charge in [0.15, 0.2) is 0 Å². The first-order valence-corrected chi connectivity index (χ1v) is 6.00. The molecule has 1 aromatic heterocycles. The van der Waals surface area contributed by atoms with Crippen molar-refractivity contribution in [3.8, 4) is 0 Å². The van der Waals surface area contributed by atoms with Gasteiger partial charge in [-0.2, -0.15) is 13.2 Å². The molecular weight excluding hydrogens is 269 g/mol. The topological polar surface area (TPSA) is 55.9 Å². The van der Waals surface area contributed by atoms with E-state index in [-0.39, 0.29) is 6.04 Å². The van der Waals surface area contributed by atoms with Crippen LogP contribution in [0.3, 0.4) is 0 Å². The molecule has 0 amide bonds. The number of imidazole rings is 1. The van der Waals surface area contributed by atoms with Gasteiger partial charge in [0.25, 0.3) is 0 Å². The highest BCUT2D eigenvalue weighted by Gasteiger charge is 2.30. The molecule has 0 aliphatic heterocycles. The van der Waals surface area contributed by atoms with E-state index in [1.165, 1.54) is 12.1 Å². The highest BCUT2D eigenvalue weighted by atomic mass is 19.4. The average molecular weight is 284 g/mol. The van der Waals surface area contributed by atoms with Gasteiger partial charge in [-0.1, -0.05) is 12.1 Å². The van der Waals surface area contributed by atoms with Crippen molar-refractivity contribution in [3.63, 3.8) is 0 Å². The minimum Gasteiger partial charge on any atom is -0.336 e. The molecule has 0 spiro atoms. The molecule has 0 aliphatic carbocycles. The van der Waals surface area contributed by atoms with Crippen LogP contribution in [0.5, 0.6) is 0 Å². The van der Waals surface area contributed by atoms with E-state index in [4.69, 9.17) is 5.84 Å². The summed E-state index contributed by atoms with van der Waals surface area (Å²) in [5, 5.41) is 0. The van der Waals surface area contributed by atoms with Crippen molar-refractivity contribution < 1.29 is 13.2 Å². The molecule has 0 saturated carbocycles. The van der Waals surface area contributed by atoms with Crippen molar-refractivity contribution >= 4 is 0 Å². The predicted octanol–water partition coefficient (Wildman–Crippen LogP) is 2.19. The molecule has 0 saturated heterocycles. The number of nitrogens with two attached hydrogens (primary N) is 1. The molecule has 1 heterocycles. The summed E-state index contributed by atoms with van der Waals surface area (Å²) in [4.78, 5) is 4.00. The summed E-state index contributed by atoms with van der Waals surface area (Å²) < 4.78 is 39.3. The largest absolute Gasteiger partial charge is 0.416 e. The Bertz CT molecular complexity index is 560. The van der Waals surface area contributed by atoms with E-state index in [9.17, 15) is 13.2 Å². The summed E-state index contributed by atoms with van der Waals surface area (Å²) in [7, 11) is 1.83. The summed E-state index contributed by atoms with van der Waals surface area (Å²) in [6.07, 6.45) is -0.513. The van der Waals surface area contributed by atoms with E-state index in [0.717, 1.165) is 23.4 Å². The summed E-state index contributed by atoms with van der Waals surface area (Å²) >= 11 is 0. The maximum Gasteiger partial charge on any atom is 0.416 e. The average Bonchev–Trinajstić information content (AvgIpc) is 2.82. The normalized spacial score (nSPS) is 13.4. The number of hydrazine groups is 1. The SMILES string of the molecule is Cn1cncc1C(Cc1ccc(C(F)(F)F)cc1)NN. The molecule has 3 N–H and O–H groups in total. The molecule has 20 heavy (non-hydrogen) atoms. The van der Waals surface area contributed by atoms with Crippen molar-refractivity contribution in [1.82, 2.24) is 15.0 Å². The molecule has 1 aromatic carbocycles. The minimum absolute atomic E-state index is 0.209. The van der Waals surface area contributed by atoms with Crippen LogP contribution in [0.15, 0.2) is 36.8 Å². The second-order valence-electron chi connectivity index (χ2n) is 4.55. The maximum absolute atomic E-state index is 12.5. The van der Waals surface area contributed by atoms with E-state index in [1.807, 2.05) is 11.6 Å². The van der Waals surface area contributed by atoms with E-state index < -0.39 is 11.7 Å². The molecule has 2 aromatic rings. The smallest absolute Gasteiger partial charge is 0.336 e. The van der Waals surface area contributed by atoms with Gasteiger partial charge >= 0.3 is 6.18 Å². The van der Waals surface area contributed by atoms with Gasteiger partial charge in [-0.3, -0.25) is 11.3 Å². The number of hydrogen-bond acceptors (Lipinski definition) is 3. The summed E-state index contributed by atoms with van der Waals surface area (Å²) in [6, 6.07) is 4.87. The summed E-state index contributed by atoms with van der Waals surface area (Å²) in [6.45, 7) is 0. The lowest BCUT2D eigenvalue weighted by Crippen LogP contribution is -2.30. The van der Waals surface area contributed by atoms with Crippen LogP contribution < -0.4 is 11.3 Å². The van der Waals surface area contributed by atoms with Crippen molar-refractivity contribution in [1.29, 1.82) is 0 Å².